The maximum Gasteiger partial charge on any atom is 0.350 e. The molecular formula is C20H16N2O5S. The fraction of sp³-hybridized carbons (Fsp3) is 0.100. The fourth-order valence-electron chi connectivity index (χ4n) is 2.66. The quantitative estimate of drug-likeness (QED) is 0.368. The van der Waals surface area contributed by atoms with Gasteiger partial charge in [0, 0.05) is 5.56 Å². The number of hydrogen-bond acceptors (Lipinski definition) is 6. The first-order valence-corrected chi connectivity index (χ1v) is 9.24. The number of esters is 1. The molecular weight excluding hydrogens is 380 g/mol. The molecule has 1 amide bonds. The van der Waals surface area contributed by atoms with Crippen LogP contribution in [0.15, 0.2) is 60.7 Å². The molecule has 1 aromatic heterocycles. The van der Waals surface area contributed by atoms with Crippen molar-refractivity contribution in [2.24, 2.45) is 0 Å². The average Bonchev–Trinajstić information content (AvgIpc) is 3.09. The lowest BCUT2D eigenvalue weighted by Crippen LogP contribution is -2.15. The molecule has 0 saturated carbocycles. The predicted molar refractivity (Wildman–Crippen MR) is 107 cm³/mol. The van der Waals surface area contributed by atoms with Crippen LogP contribution >= 0.6 is 11.3 Å². The van der Waals surface area contributed by atoms with Crippen LogP contribution in [0.1, 0.15) is 27.0 Å². The highest BCUT2D eigenvalue weighted by Crippen LogP contribution is 2.46. The van der Waals surface area contributed by atoms with Crippen LogP contribution in [0.2, 0.25) is 0 Å². The van der Waals surface area contributed by atoms with Crippen molar-refractivity contribution >= 4 is 33.9 Å². The molecule has 0 radical (unpaired) electrons. The van der Waals surface area contributed by atoms with E-state index in [0.29, 0.717) is 22.5 Å². The Morgan fingerprint density at radius 2 is 1.68 bits per heavy atom. The van der Waals surface area contributed by atoms with Crippen molar-refractivity contribution < 1.29 is 19.2 Å². The molecule has 0 atom stereocenters. The van der Waals surface area contributed by atoms with Gasteiger partial charge in [-0.15, -0.1) is 0 Å². The van der Waals surface area contributed by atoms with Gasteiger partial charge in [0.2, 0.25) is 0 Å². The maximum absolute atomic E-state index is 12.7. The molecule has 0 unspecified atom stereocenters. The number of nitrogens with zero attached hydrogens (tertiary/aromatic N) is 1. The van der Waals surface area contributed by atoms with E-state index in [4.69, 9.17) is 4.74 Å². The van der Waals surface area contributed by atoms with Gasteiger partial charge < -0.3 is 10.1 Å². The molecule has 0 aliphatic rings. The molecule has 28 heavy (non-hydrogen) atoms. The Kier molecular flexibility index (Phi) is 5.81. The summed E-state index contributed by atoms with van der Waals surface area (Å²) in [5, 5.41) is 14.1. The topological polar surface area (TPSA) is 98.5 Å². The van der Waals surface area contributed by atoms with Gasteiger partial charge in [-0.1, -0.05) is 59.9 Å². The monoisotopic (exact) mass is 396 g/mol. The van der Waals surface area contributed by atoms with Gasteiger partial charge in [-0.25, -0.2) is 4.79 Å². The van der Waals surface area contributed by atoms with E-state index < -0.39 is 16.8 Å². The molecule has 7 nitrogen and oxygen atoms in total. The van der Waals surface area contributed by atoms with Crippen LogP contribution in [0.4, 0.5) is 10.7 Å². The molecule has 0 spiro atoms. The molecule has 142 valence electrons. The number of carbonyl (C=O) groups is 2. The van der Waals surface area contributed by atoms with Gasteiger partial charge >= 0.3 is 11.0 Å². The van der Waals surface area contributed by atoms with Crippen LogP contribution in [0, 0.1) is 10.1 Å². The van der Waals surface area contributed by atoms with E-state index in [9.17, 15) is 19.7 Å². The van der Waals surface area contributed by atoms with E-state index in [1.807, 2.05) is 0 Å². The molecule has 1 N–H and O–H groups in total. The first-order chi connectivity index (χ1) is 13.5. The van der Waals surface area contributed by atoms with Crippen LogP contribution in [-0.2, 0) is 4.74 Å². The van der Waals surface area contributed by atoms with Gasteiger partial charge in [0.05, 0.1) is 22.8 Å². The first-order valence-electron chi connectivity index (χ1n) is 8.43. The fourth-order valence-corrected chi connectivity index (χ4v) is 3.64. The number of ether oxygens (including phenoxy) is 1. The van der Waals surface area contributed by atoms with Crippen molar-refractivity contribution in [1.82, 2.24) is 0 Å². The number of anilines is 1. The van der Waals surface area contributed by atoms with Crippen molar-refractivity contribution in [3.8, 4) is 11.1 Å². The van der Waals surface area contributed by atoms with Crippen molar-refractivity contribution in [2.75, 3.05) is 11.9 Å². The molecule has 0 aliphatic heterocycles. The predicted octanol–water partition coefficient (Wildman–Crippen LogP) is 4.75. The molecule has 3 rings (SSSR count). The highest BCUT2D eigenvalue weighted by molar-refractivity contribution is 7.18. The molecule has 8 heteroatoms. The smallest absolute Gasteiger partial charge is 0.350 e. The Morgan fingerprint density at radius 3 is 2.25 bits per heavy atom. The molecule has 1 heterocycles. The Morgan fingerprint density at radius 1 is 1.07 bits per heavy atom. The normalized spacial score (nSPS) is 10.3. The third-order valence-electron chi connectivity index (χ3n) is 3.85. The lowest BCUT2D eigenvalue weighted by molar-refractivity contribution is -0.379. The standard InChI is InChI=1S/C20H16N2O5S/c1-2-27-20(24)17-16(21-18(23)14-11-7-4-8-12-14)15(19(28-17)22(25)26)13-9-5-3-6-10-13/h3-12H,2H2,1H3,(H,21,23). The minimum Gasteiger partial charge on any atom is -0.462 e. The van der Waals surface area contributed by atoms with Gasteiger partial charge in [-0.3, -0.25) is 14.9 Å². The Bertz CT molecular complexity index is 1020. The minimum absolute atomic E-state index is 0.0170. The maximum atomic E-state index is 12.7. The second-order valence-electron chi connectivity index (χ2n) is 5.65. The second-order valence-corrected chi connectivity index (χ2v) is 6.65. The van der Waals surface area contributed by atoms with E-state index in [2.05, 4.69) is 5.32 Å². The zero-order valence-corrected chi connectivity index (χ0v) is 15.7. The van der Waals surface area contributed by atoms with Gasteiger partial charge in [0.25, 0.3) is 5.91 Å². The third kappa shape index (κ3) is 3.91. The summed E-state index contributed by atoms with van der Waals surface area (Å²) in [6.07, 6.45) is 0. The molecule has 2 aromatic carbocycles. The highest BCUT2D eigenvalue weighted by atomic mass is 32.1. The van der Waals surface area contributed by atoms with E-state index >= 15 is 0 Å². The Balaban J connectivity index is 2.17. The summed E-state index contributed by atoms with van der Waals surface area (Å²) in [6.45, 7) is 1.75. The van der Waals surface area contributed by atoms with Gasteiger partial charge in [0.1, 0.15) is 4.88 Å². The van der Waals surface area contributed by atoms with Crippen LogP contribution in [-0.4, -0.2) is 23.4 Å². The number of hydrogen-bond donors (Lipinski definition) is 1. The van der Waals surface area contributed by atoms with Crippen LogP contribution in [0.5, 0.6) is 0 Å². The summed E-state index contributed by atoms with van der Waals surface area (Å²) in [6, 6.07) is 17.0. The Hall–Kier alpha value is -3.52. The van der Waals surface area contributed by atoms with Gasteiger partial charge in [-0.2, -0.15) is 0 Å². The molecule has 3 aromatic rings. The largest absolute Gasteiger partial charge is 0.462 e. The molecule has 0 fully saturated rings. The number of carbonyl (C=O) groups excluding carboxylic acids is 2. The summed E-state index contributed by atoms with van der Waals surface area (Å²) in [5.74, 6) is -1.20. The third-order valence-corrected chi connectivity index (χ3v) is 4.97. The zero-order chi connectivity index (χ0) is 20.1. The van der Waals surface area contributed by atoms with E-state index in [1.165, 1.54) is 0 Å². The molecule has 0 saturated heterocycles. The van der Waals surface area contributed by atoms with Gasteiger partial charge in [-0.05, 0) is 24.6 Å². The Labute approximate surface area is 164 Å². The number of rotatable bonds is 6. The minimum atomic E-state index is -0.721. The van der Waals surface area contributed by atoms with E-state index in [0.717, 1.165) is 0 Å². The highest BCUT2D eigenvalue weighted by Gasteiger charge is 2.32. The van der Waals surface area contributed by atoms with Crippen LogP contribution in [0.25, 0.3) is 11.1 Å². The van der Waals surface area contributed by atoms with Crippen molar-refractivity contribution in [3.63, 3.8) is 0 Å². The molecule has 0 bridgehead atoms. The lowest BCUT2D eigenvalue weighted by atomic mass is 10.1. The summed E-state index contributed by atoms with van der Waals surface area (Å²) < 4.78 is 5.04. The van der Waals surface area contributed by atoms with E-state index in [-0.39, 0.29) is 27.7 Å². The number of nitrogens with one attached hydrogen (secondary N) is 1. The second kappa shape index (κ2) is 8.45. The summed E-state index contributed by atoms with van der Waals surface area (Å²) >= 11 is 0.686. The average molecular weight is 396 g/mol. The first kappa shape index (κ1) is 19.2. The van der Waals surface area contributed by atoms with Crippen LogP contribution < -0.4 is 5.32 Å². The lowest BCUT2D eigenvalue weighted by Gasteiger charge is -2.09. The number of benzene rings is 2. The molecule has 0 aliphatic carbocycles. The van der Waals surface area contributed by atoms with Crippen molar-refractivity contribution in [1.29, 1.82) is 0 Å². The van der Waals surface area contributed by atoms with Crippen LogP contribution in [0.3, 0.4) is 0 Å². The SMILES string of the molecule is CCOC(=O)c1sc([N+](=O)[O-])c(-c2ccccc2)c1NC(=O)c1ccccc1. The number of thiophene rings is 1. The number of nitro groups is 1. The van der Waals surface area contributed by atoms with Crippen molar-refractivity contribution in [2.45, 2.75) is 6.92 Å². The summed E-state index contributed by atoms with van der Waals surface area (Å²) in [7, 11) is 0. The van der Waals surface area contributed by atoms with Crippen molar-refractivity contribution in [3.05, 3.63) is 81.2 Å². The summed E-state index contributed by atoms with van der Waals surface area (Å²) in [4.78, 5) is 36.2. The summed E-state index contributed by atoms with van der Waals surface area (Å²) in [5.41, 5.74) is 1.15. The van der Waals surface area contributed by atoms with E-state index in [1.54, 1.807) is 67.6 Å². The number of amides is 1. The van der Waals surface area contributed by atoms with Gasteiger partial charge in [0.15, 0.2) is 0 Å². The zero-order valence-electron chi connectivity index (χ0n) is 14.9.